The quantitative estimate of drug-likeness (QED) is 0.411. The van der Waals surface area contributed by atoms with Crippen molar-refractivity contribution >= 4 is 34.0 Å². The molecule has 0 saturated carbocycles. The number of nitrogens with one attached hydrogen (secondary N) is 3. The third kappa shape index (κ3) is 3.92. The van der Waals surface area contributed by atoms with Gasteiger partial charge in [-0.1, -0.05) is 0 Å². The van der Waals surface area contributed by atoms with Gasteiger partial charge in [-0.25, -0.2) is 9.18 Å². The standard InChI is InChI=1S/C17H15FN4O.C2HF3O2/c18-10-3-4-12-16-14(17(23)22-12)9(11-2-1-6-20-11)8-13(15(10)16)21-7-5-19;3-2(4,5)1(6)7/h1-4,6,8,20-21H,5,7,19H2,(H,22,23);(H,6,7). The molecule has 0 aliphatic carbocycles. The molecule has 6 N–H and O–H groups in total. The average molecular weight is 424 g/mol. The lowest BCUT2D eigenvalue weighted by atomic mass is 9.96. The number of halogens is 4. The molecule has 2 heterocycles. The highest BCUT2D eigenvalue weighted by molar-refractivity contribution is 6.28. The molecule has 0 atom stereocenters. The van der Waals surface area contributed by atoms with Crippen molar-refractivity contribution in [1.29, 1.82) is 0 Å². The molecule has 1 aromatic heterocycles. The van der Waals surface area contributed by atoms with E-state index in [1.54, 1.807) is 18.3 Å². The number of anilines is 2. The first-order chi connectivity index (χ1) is 14.1. The molecule has 30 heavy (non-hydrogen) atoms. The van der Waals surface area contributed by atoms with Crippen LogP contribution in [0.3, 0.4) is 0 Å². The number of carboxylic acid groups (broad SMARTS) is 1. The molecular weight excluding hydrogens is 408 g/mol. The maximum absolute atomic E-state index is 14.4. The Morgan fingerprint density at radius 3 is 2.47 bits per heavy atom. The van der Waals surface area contributed by atoms with E-state index in [0.29, 0.717) is 40.8 Å². The molecular formula is C19H16F4N4O3. The van der Waals surface area contributed by atoms with Crippen molar-refractivity contribution in [3.63, 3.8) is 0 Å². The SMILES string of the molecule is NCCNc1cc(-c2ccc[nH]2)c2c3c(ccc(F)c13)NC2=O.O=C(O)C(F)(F)F. The van der Waals surface area contributed by atoms with Crippen molar-refractivity contribution < 1.29 is 32.3 Å². The zero-order valence-corrected chi connectivity index (χ0v) is 15.2. The number of alkyl halides is 3. The second-order valence-corrected chi connectivity index (χ2v) is 6.25. The number of carbonyl (C=O) groups excluding carboxylic acids is 1. The molecule has 2 aromatic carbocycles. The first-order valence-electron chi connectivity index (χ1n) is 8.63. The number of carboxylic acids is 1. The molecule has 0 spiro atoms. The summed E-state index contributed by atoms with van der Waals surface area (Å²) in [6.07, 6.45) is -3.29. The maximum atomic E-state index is 14.4. The number of hydrogen-bond donors (Lipinski definition) is 5. The van der Waals surface area contributed by atoms with Gasteiger partial charge in [0.15, 0.2) is 0 Å². The van der Waals surface area contributed by atoms with Crippen LogP contribution >= 0.6 is 0 Å². The van der Waals surface area contributed by atoms with E-state index in [-0.39, 0.29) is 11.7 Å². The van der Waals surface area contributed by atoms with Crippen molar-refractivity contribution in [2.24, 2.45) is 5.73 Å². The number of carbonyl (C=O) groups is 2. The highest BCUT2D eigenvalue weighted by atomic mass is 19.4. The molecule has 1 amide bonds. The summed E-state index contributed by atoms with van der Waals surface area (Å²) in [6, 6.07) is 8.51. The highest BCUT2D eigenvalue weighted by Crippen LogP contribution is 2.43. The summed E-state index contributed by atoms with van der Waals surface area (Å²) >= 11 is 0. The van der Waals surface area contributed by atoms with Crippen LogP contribution in [0, 0.1) is 5.82 Å². The summed E-state index contributed by atoms with van der Waals surface area (Å²) in [4.78, 5) is 24.4. The minimum Gasteiger partial charge on any atom is -0.475 e. The van der Waals surface area contributed by atoms with Crippen LogP contribution in [0.15, 0.2) is 36.5 Å². The molecule has 11 heteroatoms. The topological polar surface area (TPSA) is 120 Å². The fraction of sp³-hybridized carbons (Fsp3) is 0.158. The molecule has 0 bridgehead atoms. The lowest BCUT2D eigenvalue weighted by molar-refractivity contribution is -0.192. The number of nitrogens with two attached hydrogens (primary N) is 1. The van der Waals surface area contributed by atoms with E-state index < -0.39 is 12.1 Å². The van der Waals surface area contributed by atoms with Gasteiger partial charge in [-0.05, 0) is 30.3 Å². The van der Waals surface area contributed by atoms with Crippen LogP contribution in [-0.2, 0) is 4.79 Å². The number of benzene rings is 2. The number of rotatable bonds is 4. The van der Waals surface area contributed by atoms with E-state index >= 15 is 0 Å². The lowest BCUT2D eigenvalue weighted by Gasteiger charge is -2.14. The minimum atomic E-state index is -5.08. The first-order valence-corrected chi connectivity index (χ1v) is 8.63. The second-order valence-electron chi connectivity index (χ2n) is 6.25. The van der Waals surface area contributed by atoms with E-state index in [2.05, 4.69) is 15.6 Å². The average Bonchev–Trinajstić information content (AvgIpc) is 3.32. The van der Waals surface area contributed by atoms with Crippen LogP contribution in [-0.4, -0.2) is 41.2 Å². The Labute approximate surface area is 166 Å². The third-order valence-electron chi connectivity index (χ3n) is 4.30. The fourth-order valence-electron chi connectivity index (χ4n) is 3.10. The molecule has 0 saturated heterocycles. The van der Waals surface area contributed by atoms with Crippen molar-refractivity contribution in [3.8, 4) is 11.3 Å². The largest absolute Gasteiger partial charge is 0.490 e. The minimum absolute atomic E-state index is 0.217. The van der Waals surface area contributed by atoms with Gasteiger partial charge < -0.3 is 26.5 Å². The summed E-state index contributed by atoms with van der Waals surface area (Å²) in [5, 5.41) is 14.1. The Bertz CT molecular complexity index is 1110. The monoisotopic (exact) mass is 424 g/mol. The van der Waals surface area contributed by atoms with Gasteiger partial charge in [-0.2, -0.15) is 13.2 Å². The Balaban J connectivity index is 0.000000318. The predicted octanol–water partition coefficient (Wildman–Crippen LogP) is 3.54. The van der Waals surface area contributed by atoms with Crippen LogP contribution in [0.5, 0.6) is 0 Å². The van der Waals surface area contributed by atoms with Crippen molar-refractivity contribution in [2.75, 3.05) is 23.7 Å². The molecule has 3 aromatic rings. The fourth-order valence-corrected chi connectivity index (χ4v) is 3.10. The van der Waals surface area contributed by atoms with E-state index in [1.807, 2.05) is 12.1 Å². The summed E-state index contributed by atoms with van der Waals surface area (Å²) in [7, 11) is 0. The summed E-state index contributed by atoms with van der Waals surface area (Å²) in [5.74, 6) is -3.34. The number of aromatic amines is 1. The molecule has 4 rings (SSSR count). The molecule has 7 nitrogen and oxygen atoms in total. The Morgan fingerprint density at radius 2 is 1.90 bits per heavy atom. The van der Waals surface area contributed by atoms with Crippen LogP contribution in [0.4, 0.5) is 28.9 Å². The van der Waals surface area contributed by atoms with Crippen molar-refractivity contribution in [1.82, 2.24) is 4.98 Å². The Morgan fingerprint density at radius 1 is 1.20 bits per heavy atom. The highest BCUT2D eigenvalue weighted by Gasteiger charge is 2.38. The van der Waals surface area contributed by atoms with Gasteiger partial charge >= 0.3 is 12.1 Å². The van der Waals surface area contributed by atoms with E-state index in [0.717, 1.165) is 11.3 Å². The number of hydrogen-bond acceptors (Lipinski definition) is 4. The second kappa shape index (κ2) is 8.03. The Hall–Kier alpha value is -3.60. The maximum Gasteiger partial charge on any atom is 0.490 e. The molecule has 158 valence electrons. The van der Waals surface area contributed by atoms with E-state index in [1.165, 1.54) is 6.07 Å². The normalized spacial score (nSPS) is 12.4. The molecule has 0 radical (unpaired) electrons. The predicted molar refractivity (Wildman–Crippen MR) is 103 cm³/mol. The van der Waals surface area contributed by atoms with Crippen LogP contribution in [0.2, 0.25) is 0 Å². The van der Waals surface area contributed by atoms with Gasteiger partial charge in [-0.3, -0.25) is 4.79 Å². The van der Waals surface area contributed by atoms with Gasteiger partial charge in [-0.15, -0.1) is 0 Å². The van der Waals surface area contributed by atoms with Crippen molar-refractivity contribution in [3.05, 3.63) is 47.9 Å². The van der Waals surface area contributed by atoms with Gasteiger partial charge in [0.05, 0.1) is 5.56 Å². The van der Waals surface area contributed by atoms with Crippen molar-refractivity contribution in [2.45, 2.75) is 6.18 Å². The van der Waals surface area contributed by atoms with Gasteiger partial charge in [0, 0.05) is 52.7 Å². The molecule has 0 unspecified atom stereocenters. The van der Waals surface area contributed by atoms with E-state index in [9.17, 15) is 22.4 Å². The zero-order valence-electron chi connectivity index (χ0n) is 15.2. The molecule has 1 aliphatic rings. The van der Waals surface area contributed by atoms with E-state index in [4.69, 9.17) is 15.6 Å². The number of H-pyrrole nitrogens is 1. The summed E-state index contributed by atoms with van der Waals surface area (Å²) < 4.78 is 46.2. The number of aromatic nitrogens is 1. The smallest absolute Gasteiger partial charge is 0.475 e. The van der Waals surface area contributed by atoms with Gasteiger partial charge in [0.1, 0.15) is 5.82 Å². The Kier molecular flexibility index (Phi) is 5.65. The van der Waals surface area contributed by atoms with Crippen LogP contribution in [0.1, 0.15) is 10.4 Å². The third-order valence-corrected chi connectivity index (χ3v) is 4.30. The van der Waals surface area contributed by atoms with Crippen LogP contribution in [0.25, 0.3) is 22.0 Å². The summed E-state index contributed by atoms with van der Waals surface area (Å²) in [5.41, 5.74) is 8.87. The van der Waals surface area contributed by atoms with Crippen LogP contribution < -0.4 is 16.4 Å². The lowest BCUT2D eigenvalue weighted by Crippen LogP contribution is -2.21. The van der Waals surface area contributed by atoms with Gasteiger partial charge in [0.25, 0.3) is 5.91 Å². The zero-order chi connectivity index (χ0) is 22.1. The first kappa shape index (κ1) is 21.1. The number of amides is 1. The number of aliphatic carboxylic acids is 1. The molecule has 0 fully saturated rings. The molecule has 1 aliphatic heterocycles. The summed E-state index contributed by atoms with van der Waals surface area (Å²) in [6.45, 7) is 0.948. The van der Waals surface area contributed by atoms with Gasteiger partial charge in [0.2, 0.25) is 0 Å².